The van der Waals surface area contributed by atoms with E-state index in [1.54, 1.807) is 4.90 Å². The molecule has 2 aliphatic rings. The average Bonchev–Trinajstić information content (AvgIpc) is 2.63. The minimum atomic E-state index is 0.577. The van der Waals surface area contributed by atoms with Gasteiger partial charge in [0.25, 0.3) is 0 Å². The van der Waals surface area contributed by atoms with Crippen LogP contribution in [0.5, 0.6) is 0 Å². The first-order chi connectivity index (χ1) is 11.8. The van der Waals surface area contributed by atoms with Crippen molar-refractivity contribution in [2.45, 2.75) is 70.5 Å². The molecule has 1 aromatic carbocycles. The second kappa shape index (κ2) is 9.38. The fourth-order valence-corrected chi connectivity index (χ4v) is 4.20. The van der Waals surface area contributed by atoms with Gasteiger partial charge in [-0.05, 0) is 49.9 Å². The number of benzene rings is 1. The number of quaternary nitrogens is 1. The summed E-state index contributed by atoms with van der Waals surface area (Å²) >= 11 is 5.44. The molecule has 1 aromatic rings. The second-order valence-electron chi connectivity index (χ2n) is 7.47. The maximum Gasteiger partial charge on any atom is 0.166 e. The summed E-state index contributed by atoms with van der Waals surface area (Å²) in [6.07, 6.45) is 10.8. The average molecular weight is 347 g/mol. The highest BCUT2D eigenvalue weighted by atomic mass is 32.1. The van der Waals surface area contributed by atoms with Crippen molar-refractivity contribution < 1.29 is 4.90 Å². The molecule has 3 rings (SSSR count). The molecule has 24 heavy (non-hydrogen) atoms. The molecule has 0 aromatic heterocycles. The Morgan fingerprint density at radius 1 is 0.917 bits per heavy atom. The smallest absolute Gasteiger partial charge is 0.166 e. The third-order valence-corrected chi connectivity index (χ3v) is 5.69. The van der Waals surface area contributed by atoms with Crippen molar-refractivity contribution in [2.75, 3.05) is 13.1 Å². The molecular formula is C20H32N3S+. The second-order valence-corrected chi connectivity index (χ2v) is 7.87. The van der Waals surface area contributed by atoms with Crippen LogP contribution < -0.4 is 15.5 Å². The molecule has 2 fully saturated rings. The van der Waals surface area contributed by atoms with Gasteiger partial charge in [-0.2, -0.15) is 0 Å². The largest absolute Gasteiger partial charge is 0.360 e. The van der Waals surface area contributed by atoms with Crippen molar-refractivity contribution in [2.24, 2.45) is 0 Å². The van der Waals surface area contributed by atoms with Crippen LogP contribution >= 0.6 is 12.2 Å². The summed E-state index contributed by atoms with van der Waals surface area (Å²) in [5, 5.41) is 7.64. The number of hydrogen-bond acceptors (Lipinski definition) is 1. The molecule has 3 nitrogen and oxygen atoms in total. The standard InChI is InChI=1S/C20H31N3S/c24-20(22-19-7-3-1-4-8-19)21-15-17-9-11-18(12-10-17)16-23-13-5-2-6-14-23/h9-12,19H,1-8,13-16H2,(H2,21,22,24)/p+1. The van der Waals surface area contributed by atoms with Crippen LogP contribution in [0.15, 0.2) is 24.3 Å². The van der Waals surface area contributed by atoms with Gasteiger partial charge in [-0.3, -0.25) is 0 Å². The first kappa shape index (κ1) is 17.7. The normalized spacial score (nSPS) is 19.8. The highest BCUT2D eigenvalue weighted by Gasteiger charge is 2.14. The van der Waals surface area contributed by atoms with E-state index in [-0.39, 0.29) is 0 Å². The summed E-state index contributed by atoms with van der Waals surface area (Å²) in [6.45, 7) is 4.67. The van der Waals surface area contributed by atoms with E-state index >= 15 is 0 Å². The van der Waals surface area contributed by atoms with Crippen LogP contribution in [0, 0.1) is 0 Å². The fourth-order valence-electron chi connectivity index (χ4n) is 3.96. The maximum absolute atomic E-state index is 5.44. The topological polar surface area (TPSA) is 28.5 Å². The van der Waals surface area contributed by atoms with Gasteiger partial charge in [0.2, 0.25) is 0 Å². The first-order valence-electron chi connectivity index (χ1n) is 9.75. The zero-order chi connectivity index (χ0) is 16.6. The van der Waals surface area contributed by atoms with Gasteiger partial charge in [-0.25, -0.2) is 0 Å². The molecule has 1 aliphatic heterocycles. The Bertz CT molecular complexity index is 502. The number of rotatable bonds is 5. The first-order valence-corrected chi connectivity index (χ1v) is 10.2. The summed E-state index contributed by atoms with van der Waals surface area (Å²) in [5.41, 5.74) is 2.76. The van der Waals surface area contributed by atoms with Crippen LogP contribution in [0.3, 0.4) is 0 Å². The minimum absolute atomic E-state index is 0.577. The molecule has 1 saturated heterocycles. The van der Waals surface area contributed by atoms with Crippen molar-refractivity contribution in [1.82, 2.24) is 10.6 Å². The molecule has 0 radical (unpaired) electrons. The van der Waals surface area contributed by atoms with Crippen molar-refractivity contribution >= 4 is 17.3 Å². The molecular weight excluding hydrogens is 314 g/mol. The Balaban J connectivity index is 1.39. The van der Waals surface area contributed by atoms with Crippen LogP contribution in [0.1, 0.15) is 62.5 Å². The number of nitrogens with one attached hydrogen (secondary N) is 3. The molecule has 0 atom stereocenters. The lowest BCUT2D eigenvalue weighted by Gasteiger charge is -2.24. The number of hydrogen-bond donors (Lipinski definition) is 3. The minimum Gasteiger partial charge on any atom is -0.360 e. The van der Waals surface area contributed by atoms with Gasteiger partial charge < -0.3 is 15.5 Å². The summed E-state index contributed by atoms with van der Waals surface area (Å²) < 4.78 is 0. The van der Waals surface area contributed by atoms with Crippen molar-refractivity contribution in [3.8, 4) is 0 Å². The van der Waals surface area contributed by atoms with E-state index in [0.29, 0.717) is 6.04 Å². The van der Waals surface area contributed by atoms with Gasteiger partial charge in [0.1, 0.15) is 6.54 Å². The highest BCUT2D eigenvalue weighted by Crippen LogP contribution is 2.17. The Morgan fingerprint density at radius 2 is 1.54 bits per heavy atom. The molecule has 0 unspecified atom stereocenters. The zero-order valence-corrected chi connectivity index (χ0v) is 15.6. The Hall–Kier alpha value is -1.13. The van der Waals surface area contributed by atoms with Crippen molar-refractivity contribution in [3.63, 3.8) is 0 Å². The monoisotopic (exact) mass is 346 g/mol. The molecule has 1 aliphatic carbocycles. The molecule has 3 N–H and O–H groups in total. The molecule has 1 heterocycles. The van der Waals surface area contributed by atoms with Crippen molar-refractivity contribution in [1.29, 1.82) is 0 Å². The van der Waals surface area contributed by atoms with Crippen LogP contribution in [-0.2, 0) is 13.1 Å². The number of likely N-dealkylation sites (tertiary alicyclic amines) is 1. The van der Waals surface area contributed by atoms with E-state index in [4.69, 9.17) is 12.2 Å². The number of thiocarbonyl (C=S) groups is 1. The van der Waals surface area contributed by atoms with E-state index in [2.05, 4.69) is 34.9 Å². The third kappa shape index (κ3) is 5.75. The van der Waals surface area contributed by atoms with Gasteiger partial charge in [-0.1, -0.05) is 43.5 Å². The molecule has 0 amide bonds. The van der Waals surface area contributed by atoms with Crippen LogP contribution in [0.25, 0.3) is 0 Å². The Labute approximate surface area is 152 Å². The maximum atomic E-state index is 5.44. The summed E-state index contributed by atoms with van der Waals surface area (Å²) in [5.74, 6) is 0. The molecule has 0 spiro atoms. The highest BCUT2D eigenvalue weighted by molar-refractivity contribution is 7.80. The molecule has 4 heteroatoms. The SMILES string of the molecule is S=C(NCc1ccc(C[NH+]2CCCCC2)cc1)NC1CCCCC1. The van der Waals surface area contributed by atoms with Crippen LogP contribution in [-0.4, -0.2) is 24.2 Å². The van der Waals surface area contributed by atoms with E-state index in [1.807, 2.05) is 0 Å². The fraction of sp³-hybridized carbons (Fsp3) is 0.650. The van der Waals surface area contributed by atoms with Gasteiger partial charge >= 0.3 is 0 Å². The third-order valence-electron chi connectivity index (χ3n) is 5.43. The van der Waals surface area contributed by atoms with Crippen LogP contribution in [0.2, 0.25) is 0 Å². The number of piperidine rings is 1. The lowest BCUT2D eigenvalue weighted by atomic mass is 9.96. The van der Waals surface area contributed by atoms with Gasteiger partial charge in [0.15, 0.2) is 5.11 Å². The van der Waals surface area contributed by atoms with Gasteiger partial charge in [0.05, 0.1) is 13.1 Å². The summed E-state index contributed by atoms with van der Waals surface area (Å²) in [4.78, 5) is 1.74. The zero-order valence-electron chi connectivity index (χ0n) is 14.8. The van der Waals surface area contributed by atoms with E-state index in [9.17, 15) is 0 Å². The van der Waals surface area contributed by atoms with Crippen LogP contribution in [0.4, 0.5) is 0 Å². The lowest BCUT2D eigenvalue weighted by Crippen LogP contribution is -3.11. The van der Waals surface area contributed by atoms with E-state index in [1.165, 1.54) is 82.1 Å². The molecule has 0 bridgehead atoms. The Morgan fingerprint density at radius 3 is 2.25 bits per heavy atom. The summed E-state index contributed by atoms with van der Waals surface area (Å²) in [6, 6.07) is 9.64. The summed E-state index contributed by atoms with van der Waals surface area (Å²) in [7, 11) is 0. The van der Waals surface area contributed by atoms with Gasteiger partial charge in [0, 0.05) is 18.2 Å². The van der Waals surface area contributed by atoms with E-state index in [0.717, 1.165) is 11.7 Å². The predicted molar refractivity (Wildman–Crippen MR) is 104 cm³/mol. The Kier molecular flexibility index (Phi) is 6.91. The molecule has 132 valence electrons. The molecule has 1 saturated carbocycles. The predicted octanol–water partition coefficient (Wildman–Crippen LogP) is 2.55. The lowest BCUT2D eigenvalue weighted by molar-refractivity contribution is -0.918. The van der Waals surface area contributed by atoms with E-state index < -0.39 is 0 Å². The van der Waals surface area contributed by atoms with Crippen molar-refractivity contribution in [3.05, 3.63) is 35.4 Å². The van der Waals surface area contributed by atoms with Gasteiger partial charge in [-0.15, -0.1) is 0 Å². The quantitative estimate of drug-likeness (QED) is 0.716.